The molecule has 1 aromatic heterocycles. The van der Waals surface area contributed by atoms with Crippen LogP contribution in [0.2, 0.25) is 0 Å². The summed E-state index contributed by atoms with van der Waals surface area (Å²) in [5, 5.41) is 6.78. The molecule has 8 heteroatoms. The number of methoxy groups -OCH3 is 2. The van der Waals surface area contributed by atoms with E-state index in [9.17, 15) is 14.0 Å². The molecule has 1 amide bonds. The molecule has 0 atom stereocenters. The molecule has 3 aromatic rings. The molecule has 0 spiro atoms. The minimum absolute atomic E-state index is 0.158. The highest BCUT2D eigenvalue weighted by atomic mass is 19.1. The number of aromatic nitrogens is 2. The van der Waals surface area contributed by atoms with Crippen molar-refractivity contribution in [3.05, 3.63) is 81.5 Å². The maximum absolute atomic E-state index is 14.2. The molecular weight excluding hydrogens is 389 g/mol. The molecule has 0 bridgehead atoms. The van der Waals surface area contributed by atoms with Gasteiger partial charge in [-0.2, -0.15) is 5.10 Å². The molecule has 0 aliphatic heterocycles. The van der Waals surface area contributed by atoms with Crippen molar-refractivity contribution in [2.75, 3.05) is 20.8 Å². The fraction of sp³-hybridized carbons (Fsp3) is 0.227. The van der Waals surface area contributed by atoms with E-state index in [1.165, 1.54) is 22.9 Å². The highest BCUT2D eigenvalue weighted by Gasteiger charge is 2.16. The summed E-state index contributed by atoms with van der Waals surface area (Å²) in [4.78, 5) is 24.9. The third-order valence-corrected chi connectivity index (χ3v) is 4.57. The van der Waals surface area contributed by atoms with Crippen LogP contribution in [0.25, 0.3) is 5.69 Å². The van der Waals surface area contributed by atoms with E-state index in [0.29, 0.717) is 23.6 Å². The number of nitrogens with zero attached hydrogens (tertiary/aromatic N) is 2. The lowest BCUT2D eigenvalue weighted by atomic mass is 10.1. The Morgan fingerprint density at radius 3 is 2.60 bits per heavy atom. The van der Waals surface area contributed by atoms with Gasteiger partial charge in [0.15, 0.2) is 5.69 Å². The summed E-state index contributed by atoms with van der Waals surface area (Å²) in [6.07, 6.45) is 0.458. The summed E-state index contributed by atoms with van der Waals surface area (Å²) in [6.45, 7) is 1.87. The van der Waals surface area contributed by atoms with E-state index in [1.54, 1.807) is 45.4 Å². The average molecular weight is 411 g/mol. The summed E-state index contributed by atoms with van der Waals surface area (Å²) in [7, 11) is 3.13. The number of ether oxygens (including phenoxy) is 2. The van der Waals surface area contributed by atoms with Crippen LogP contribution in [0.15, 0.2) is 53.3 Å². The number of rotatable bonds is 7. The molecule has 0 fully saturated rings. The molecule has 1 N–H and O–H groups in total. The number of carbonyl (C=O) groups is 1. The van der Waals surface area contributed by atoms with E-state index in [0.717, 1.165) is 5.56 Å². The number of carbonyl (C=O) groups excluding carboxylic acids is 1. The van der Waals surface area contributed by atoms with Crippen molar-refractivity contribution in [3.8, 4) is 17.2 Å². The van der Waals surface area contributed by atoms with Crippen molar-refractivity contribution in [2.24, 2.45) is 0 Å². The Balaban J connectivity index is 1.79. The molecule has 3 rings (SSSR count). The van der Waals surface area contributed by atoms with Gasteiger partial charge >= 0.3 is 0 Å². The Hall–Kier alpha value is -3.68. The van der Waals surface area contributed by atoms with Gasteiger partial charge in [0.25, 0.3) is 5.91 Å². The van der Waals surface area contributed by atoms with Crippen molar-refractivity contribution in [3.63, 3.8) is 0 Å². The molecule has 7 nitrogen and oxygen atoms in total. The minimum atomic E-state index is -0.632. The minimum Gasteiger partial charge on any atom is -0.497 e. The van der Waals surface area contributed by atoms with Crippen LogP contribution in [0, 0.1) is 12.7 Å². The Bertz CT molecular complexity index is 1130. The number of halogens is 1. The van der Waals surface area contributed by atoms with Gasteiger partial charge in [-0.05, 0) is 49.2 Å². The summed E-state index contributed by atoms with van der Waals surface area (Å²) in [5.41, 5.74) is 0.587. The van der Waals surface area contributed by atoms with Crippen molar-refractivity contribution in [2.45, 2.75) is 13.3 Å². The first kappa shape index (κ1) is 21.0. The van der Waals surface area contributed by atoms with Crippen LogP contribution >= 0.6 is 0 Å². The lowest BCUT2D eigenvalue weighted by Gasteiger charge is -2.13. The number of benzene rings is 2. The van der Waals surface area contributed by atoms with Crippen molar-refractivity contribution in [1.29, 1.82) is 0 Å². The van der Waals surface area contributed by atoms with Crippen molar-refractivity contribution >= 4 is 5.91 Å². The Kier molecular flexibility index (Phi) is 6.46. The molecule has 0 saturated heterocycles. The summed E-state index contributed by atoms with van der Waals surface area (Å²) < 4.78 is 25.9. The second kappa shape index (κ2) is 9.21. The quantitative estimate of drug-likeness (QED) is 0.646. The van der Waals surface area contributed by atoms with Gasteiger partial charge in [0.05, 0.1) is 14.2 Å². The van der Waals surface area contributed by atoms with Crippen LogP contribution in [0.4, 0.5) is 4.39 Å². The third-order valence-electron chi connectivity index (χ3n) is 4.57. The van der Waals surface area contributed by atoms with Crippen molar-refractivity contribution < 1.29 is 18.7 Å². The fourth-order valence-corrected chi connectivity index (χ4v) is 3.04. The zero-order valence-electron chi connectivity index (χ0n) is 16.9. The maximum atomic E-state index is 14.2. The van der Waals surface area contributed by atoms with E-state index in [1.807, 2.05) is 6.07 Å². The van der Waals surface area contributed by atoms with Gasteiger partial charge in [-0.1, -0.05) is 12.1 Å². The lowest BCUT2D eigenvalue weighted by molar-refractivity contribution is 0.0946. The molecule has 156 valence electrons. The SMILES string of the molecule is COc1ccc(OC)c(CCNC(=O)c2nn(-c3ccccc3F)c(C)cc2=O)c1. The van der Waals surface area contributed by atoms with Gasteiger partial charge < -0.3 is 14.8 Å². The van der Waals surface area contributed by atoms with E-state index in [2.05, 4.69) is 10.4 Å². The first-order chi connectivity index (χ1) is 14.4. The summed E-state index contributed by atoms with van der Waals surface area (Å²) in [6, 6.07) is 12.7. The van der Waals surface area contributed by atoms with Crippen LogP contribution in [-0.2, 0) is 6.42 Å². The third kappa shape index (κ3) is 4.48. The van der Waals surface area contributed by atoms with Gasteiger partial charge in [-0.25, -0.2) is 9.07 Å². The Morgan fingerprint density at radius 1 is 1.13 bits per heavy atom. The average Bonchev–Trinajstić information content (AvgIpc) is 2.74. The predicted molar refractivity (Wildman–Crippen MR) is 110 cm³/mol. The molecule has 1 heterocycles. The number of aryl methyl sites for hydroxylation is 1. The molecule has 0 radical (unpaired) electrons. The van der Waals surface area contributed by atoms with Crippen LogP contribution in [0.5, 0.6) is 11.5 Å². The molecule has 2 aromatic carbocycles. The van der Waals surface area contributed by atoms with Crippen LogP contribution in [0.3, 0.4) is 0 Å². The fourth-order valence-electron chi connectivity index (χ4n) is 3.04. The summed E-state index contributed by atoms with van der Waals surface area (Å²) >= 11 is 0. The smallest absolute Gasteiger partial charge is 0.275 e. The largest absolute Gasteiger partial charge is 0.497 e. The van der Waals surface area contributed by atoms with Gasteiger partial charge in [0.1, 0.15) is 23.0 Å². The first-order valence-electron chi connectivity index (χ1n) is 9.29. The molecule has 0 saturated carbocycles. The first-order valence-corrected chi connectivity index (χ1v) is 9.29. The van der Waals surface area contributed by atoms with Crippen LogP contribution < -0.4 is 20.2 Å². The number of amides is 1. The van der Waals surface area contributed by atoms with Gasteiger partial charge in [-0.3, -0.25) is 9.59 Å². The number of hydrogen-bond acceptors (Lipinski definition) is 5. The molecule has 0 unspecified atom stereocenters. The molecule has 0 aliphatic rings. The predicted octanol–water partition coefficient (Wildman–Crippen LogP) is 2.67. The molecule has 30 heavy (non-hydrogen) atoms. The zero-order valence-corrected chi connectivity index (χ0v) is 16.9. The maximum Gasteiger partial charge on any atom is 0.275 e. The van der Waals surface area contributed by atoms with E-state index in [4.69, 9.17) is 9.47 Å². The zero-order chi connectivity index (χ0) is 21.7. The van der Waals surface area contributed by atoms with Gasteiger partial charge in [-0.15, -0.1) is 0 Å². The number of hydrogen-bond donors (Lipinski definition) is 1. The second-order valence-corrected chi connectivity index (χ2v) is 6.55. The highest BCUT2D eigenvalue weighted by Crippen LogP contribution is 2.24. The lowest BCUT2D eigenvalue weighted by Crippen LogP contribution is -2.33. The topological polar surface area (TPSA) is 82.4 Å². The second-order valence-electron chi connectivity index (χ2n) is 6.55. The van der Waals surface area contributed by atoms with Crippen LogP contribution in [0.1, 0.15) is 21.7 Å². The van der Waals surface area contributed by atoms with E-state index < -0.39 is 17.2 Å². The normalized spacial score (nSPS) is 10.5. The van der Waals surface area contributed by atoms with E-state index in [-0.39, 0.29) is 17.9 Å². The monoisotopic (exact) mass is 411 g/mol. The highest BCUT2D eigenvalue weighted by molar-refractivity contribution is 5.92. The van der Waals surface area contributed by atoms with Crippen LogP contribution in [-0.4, -0.2) is 36.5 Å². The van der Waals surface area contributed by atoms with E-state index >= 15 is 0 Å². The van der Waals surface area contributed by atoms with Gasteiger partial charge in [0.2, 0.25) is 5.43 Å². The summed E-state index contributed by atoms with van der Waals surface area (Å²) in [5.74, 6) is 0.200. The number of para-hydroxylation sites is 1. The molecular formula is C22H22FN3O4. The molecule has 0 aliphatic carbocycles. The van der Waals surface area contributed by atoms with Crippen molar-refractivity contribution in [1.82, 2.24) is 15.1 Å². The Labute approximate surface area is 173 Å². The number of nitrogens with one attached hydrogen (secondary N) is 1. The van der Waals surface area contributed by atoms with Gasteiger partial charge in [0, 0.05) is 18.3 Å². The Morgan fingerprint density at radius 2 is 1.90 bits per heavy atom. The standard InChI is InChI=1S/C22H22FN3O4/c1-14-12-19(27)21(25-26(14)18-7-5-4-6-17(18)23)22(28)24-11-10-15-13-16(29-2)8-9-20(15)30-3/h4-9,12-13H,10-11H2,1-3H3,(H,24,28).